The van der Waals surface area contributed by atoms with Gasteiger partial charge in [-0.15, -0.1) is 0 Å². The summed E-state index contributed by atoms with van der Waals surface area (Å²) >= 11 is 6.06. The minimum Gasteiger partial charge on any atom is -0.367 e. The second-order valence-electron chi connectivity index (χ2n) is 5.67. The van der Waals surface area contributed by atoms with Gasteiger partial charge in [0.2, 0.25) is 0 Å². The molecule has 1 aliphatic rings. The van der Waals surface area contributed by atoms with Crippen LogP contribution in [0, 0.1) is 0 Å². The molecule has 23 heavy (non-hydrogen) atoms. The SMILES string of the molecule is Clc1cccc(CN2C=Cc3nc(-c4ccccc4)[nH]c3C2)c1. The Morgan fingerprint density at radius 1 is 1.09 bits per heavy atom. The van der Waals surface area contributed by atoms with Crippen LogP contribution in [0.4, 0.5) is 0 Å². The van der Waals surface area contributed by atoms with Crippen molar-refractivity contribution in [3.05, 3.63) is 82.8 Å². The largest absolute Gasteiger partial charge is 0.367 e. The predicted molar refractivity (Wildman–Crippen MR) is 93.8 cm³/mol. The fourth-order valence-corrected chi connectivity index (χ4v) is 3.04. The van der Waals surface area contributed by atoms with E-state index in [9.17, 15) is 0 Å². The number of rotatable bonds is 3. The molecule has 3 aromatic rings. The van der Waals surface area contributed by atoms with Crippen LogP contribution in [-0.4, -0.2) is 14.9 Å². The van der Waals surface area contributed by atoms with E-state index in [1.807, 2.05) is 36.4 Å². The van der Waals surface area contributed by atoms with Gasteiger partial charge in [0, 0.05) is 23.3 Å². The highest BCUT2D eigenvalue weighted by molar-refractivity contribution is 6.30. The van der Waals surface area contributed by atoms with Crippen LogP contribution in [0.15, 0.2) is 60.8 Å². The molecule has 2 aromatic carbocycles. The zero-order valence-electron chi connectivity index (χ0n) is 12.5. The third-order valence-corrected chi connectivity index (χ3v) is 4.17. The van der Waals surface area contributed by atoms with Crippen molar-refractivity contribution in [3.8, 4) is 11.4 Å². The summed E-state index contributed by atoms with van der Waals surface area (Å²) in [6.45, 7) is 1.65. The fourth-order valence-electron chi connectivity index (χ4n) is 2.82. The van der Waals surface area contributed by atoms with Crippen molar-refractivity contribution in [1.29, 1.82) is 0 Å². The van der Waals surface area contributed by atoms with E-state index in [-0.39, 0.29) is 0 Å². The van der Waals surface area contributed by atoms with Crippen LogP contribution < -0.4 is 0 Å². The van der Waals surface area contributed by atoms with Crippen LogP contribution in [0.2, 0.25) is 5.02 Å². The van der Waals surface area contributed by atoms with Crippen molar-refractivity contribution in [2.45, 2.75) is 13.1 Å². The number of aromatic nitrogens is 2. The molecule has 114 valence electrons. The standard InChI is InChI=1S/C19H16ClN3/c20-16-8-4-5-14(11-16)12-23-10-9-17-18(13-23)22-19(21-17)15-6-2-1-3-7-15/h1-11H,12-13H2,(H,21,22). The summed E-state index contributed by atoms with van der Waals surface area (Å²) in [6.07, 6.45) is 4.16. The highest BCUT2D eigenvalue weighted by atomic mass is 35.5. The zero-order valence-corrected chi connectivity index (χ0v) is 13.3. The smallest absolute Gasteiger partial charge is 0.138 e. The zero-order chi connectivity index (χ0) is 15.6. The number of hydrogen-bond donors (Lipinski definition) is 1. The third-order valence-electron chi connectivity index (χ3n) is 3.94. The Hall–Kier alpha value is -2.52. The summed E-state index contributed by atoms with van der Waals surface area (Å²) in [5, 5.41) is 0.775. The molecule has 0 radical (unpaired) electrons. The molecule has 0 saturated heterocycles. The number of fused-ring (bicyclic) bond motifs is 1. The van der Waals surface area contributed by atoms with Gasteiger partial charge in [0.25, 0.3) is 0 Å². The predicted octanol–water partition coefficient (Wildman–Crippen LogP) is 4.72. The van der Waals surface area contributed by atoms with Gasteiger partial charge in [-0.05, 0) is 23.8 Å². The van der Waals surface area contributed by atoms with Crippen molar-refractivity contribution < 1.29 is 0 Å². The van der Waals surface area contributed by atoms with Gasteiger partial charge in [0.1, 0.15) is 5.82 Å². The highest BCUT2D eigenvalue weighted by Crippen LogP contribution is 2.24. The number of H-pyrrole nitrogens is 1. The normalized spacial score (nSPS) is 13.2. The molecule has 4 rings (SSSR count). The Morgan fingerprint density at radius 2 is 1.96 bits per heavy atom. The molecule has 3 nitrogen and oxygen atoms in total. The average molecular weight is 322 g/mol. The molecule has 0 saturated carbocycles. The van der Waals surface area contributed by atoms with Crippen LogP contribution in [0.25, 0.3) is 17.5 Å². The van der Waals surface area contributed by atoms with Crippen molar-refractivity contribution in [2.75, 3.05) is 0 Å². The average Bonchev–Trinajstić information content (AvgIpc) is 2.99. The number of nitrogens with one attached hydrogen (secondary N) is 1. The molecule has 4 heteroatoms. The van der Waals surface area contributed by atoms with Crippen molar-refractivity contribution in [2.24, 2.45) is 0 Å². The van der Waals surface area contributed by atoms with Crippen LogP contribution in [-0.2, 0) is 13.1 Å². The molecule has 1 aromatic heterocycles. The highest BCUT2D eigenvalue weighted by Gasteiger charge is 2.16. The third kappa shape index (κ3) is 3.01. The lowest BCUT2D eigenvalue weighted by atomic mass is 10.2. The molecular weight excluding hydrogens is 306 g/mol. The molecule has 1 aliphatic heterocycles. The number of hydrogen-bond acceptors (Lipinski definition) is 2. The maximum absolute atomic E-state index is 6.06. The lowest BCUT2D eigenvalue weighted by Gasteiger charge is -2.23. The second kappa shape index (κ2) is 5.94. The van der Waals surface area contributed by atoms with Gasteiger partial charge in [0.05, 0.1) is 17.9 Å². The van der Waals surface area contributed by atoms with E-state index < -0.39 is 0 Å². The molecule has 2 heterocycles. The number of nitrogens with zero attached hydrogens (tertiary/aromatic N) is 2. The van der Waals surface area contributed by atoms with Gasteiger partial charge >= 0.3 is 0 Å². The van der Waals surface area contributed by atoms with Crippen molar-refractivity contribution in [3.63, 3.8) is 0 Å². The summed E-state index contributed by atoms with van der Waals surface area (Å²) in [7, 11) is 0. The van der Waals surface area contributed by atoms with E-state index in [1.165, 1.54) is 5.56 Å². The maximum Gasteiger partial charge on any atom is 0.138 e. The van der Waals surface area contributed by atoms with E-state index >= 15 is 0 Å². The van der Waals surface area contributed by atoms with Gasteiger partial charge in [-0.1, -0.05) is 54.1 Å². The van der Waals surface area contributed by atoms with Crippen LogP contribution >= 0.6 is 11.6 Å². The molecule has 0 atom stereocenters. The summed E-state index contributed by atoms with van der Waals surface area (Å²) in [5.41, 5.74) is 4.48. The van der Waals surface area contributed by atoms with Crippen LogP contribution in [0.3, 0.4) is 0 Å². The number of aromatic amines is 1. The molecule has 0 amide bonds. The van der Waals surface area contributed by atoms with Gasteiger partial charge in [-0.3, -0.25) is 0 Å². The van der Waals surface area contributed by atoms with Crippen molar-refractivity contribution in [1.82, 2.24) is 14.9 Å². The monoisotopic (exact) mass is 321 g/mol. The Morgan fingerprint density at radius 3 is 2.78 bits per heavy atom. The molecule has 1 N–H and O–H groups in total. The quantitative estimate of drug-likeness (QED) is 0.757. The van der Waals surface area contributed by atoms with Gasteiger partial charge < -0.3 is 9.88 Å². The second-order valence-corrected chi connectivity index (χ2v) is 6.10. The number of benzene rings is 2. The lowest BCUT2D eigenvalue weighted by Crippen LogP contribution is -2.19. The molecule has 0 unspecified atom stereocenters. The fraction of sp³-hybridized carbons (Fsp3) is 0.105. The molecule has 0 aliphatic carbocycles. The van der Waals surface area contributed by atoms with Crippen LogP contribution in [0.5, 0.6) is 0 Å². The first-order chi connectivity index (χ1) is 11.3. The van der Waals surface area contributed by atoms with E-state index in [0.29, 0.717) is 0 Å². The molecule has 0 spiro atoms. The number of imidazole rings is 1. The molecule has 0 bridgehead atoms. The lowest BCUT2D eigenvalue weighted by molar-refractivity contribution is 0.355. The Balaban J connectivity index is 1.54. The molecule has 0 fully saturated rings. The summed E-state index contributed by atoms with van der Waals surface area (Å²) in [6, 6.07) is 18.2. The Labute approximate surface area is 140 Å². The Bertz CT molecular complexity index is 852. The van der Waals surface area contributed by atoms with E-state index in [0.717, 1.165) is 40.9 Å². The van der Waals surface area contributed by atoms with E-state index in [2.05, 4.69) is 45.3 Å². The number of halogens is 1. The topological polar surface area (TPSA) is 31.9 Å². The van der Waals surface area contributed by atoms with E-state index in [1.54, 1.807) is 0 Å². The van der Waals surface area contributed by atoms with E-state index in [4.69, 9.17) is 11.6 Å². The minimum atomic E-state index is 0.775. The van der Waals surface area contributed by atoms with Gasteiger partial charge in [0.15, 0.2) is 0 Å². The molecular formula is C19H16ClN3. The summed E-state index contributed by atoms with van der Waals surface area (Å²) < 4.78 is 0. The first kappa shape index (κ1) is 14.1. The van der Waals surface area contributed by atoms with Gasteiger partial charge in [-0.2, -0.15) is 0 Å². The maximum atomic E-state index is 6.06. The first-order valence-electron chi connectivity index (χ1n) is 7.59. The van der Waals surface area contributed by atoms with Crippen LogP contribution in [0.1, 0.15) is 17.0 Å². The first-order valence-corrected chi connectivity index (χ1v) is 7.97. The Kier molecular flexibility index (Phi) is 3.64. The van der Waals surface area contributed by atoms with Gasteiger partial charge in [-0.25, -0.2) is 4.98 Å². The summed E-state index contributed by atoms with van der Waals surface area (Å²) in [5.74, 6) is 0.921. The summed E-state index contributed by atoms with van der Waals surface area (Å²) in [4.78, 5) is 10.4. The van der Waals surface area contributed by atoms with Crippen molar-refractivity contribution >= 4 is 17.7 Å². The minimum absolute atomic E-state index is 0.775.